The Labute approximate surface area is 225 Å². The van der Waals surface area contributed by atoms with Gasteiger partial charge >= 0.3 is 0 Å². The smallest absolute Gasteiger partial charge is 0.227 e. The van der Waals surface area contributed by atoms with Crippen LogP contribution in [0.15, 0.2) is 84.1 Å². The molecule has 0 radical (unpaired) electrons. The molecule has 0 atom stereocenters. The van der Waals surface area contributed by atoms with Crippen molar-refractivity contribution in [3.05, 3.63) is 89.4 Å². The molecule has 2 aromatic carbocycles. The van der Waals surface area contributed by atoms with Gasteiger partial charge in [0.05, 0.1) is 23.9 Å². The van der Waals surface area contributed by atoms with Crippen molar-refractivity contribution < 1.29 is 4.74 Å². The molecule has 0 amide bonds. The van der Waals surface area contributed by atoms with Gasteiger partial charge in [0, 0.05) is 34.1 Å². The number of nitrogens with one attached hydrogen (secondary N) is 2. The quantitative estimate of drug-likeness (QED) is 0.125. The van der Waals surface area contributed by atoms with E-state index < -0.39 is 0 Å². The van der Waals surface area contributed by atoms with Crippen molar-refractivity contribution in [3.63, 3.8) is 0 Å². The van der Waals surface area contributed by atoms with E-state index in [1.165, 1.54) is 12.8 Å². The minimum atomic E-state index is 0.422. The first kappa shape index (κ1) is 24.3. The van der Waals surface area contributed by atoms with Crippen LogP contribution < -0.4 is 15.4 Å². The zero-order chi connectivity index (χ0) is 26.6. The van der Waals surface area contributed by atoms with Crippen LogP contribution in [0, 0.1) is 0 Å². The molecule has 10 nitrogen and oxygen atoms in total. The number of pyridine rings is 1. The Morgan fingerprint density at radius 3 is 2.64 bits per heavy atom. The van der Waals surface area contributed by atoms with E-state index in [4.69, 9.17) is 20.4 Å². The summed E-state index contributed by atoms with van der Waals surface area (Å²) in [5, 5.41) is 15.7. The summed E-state index contributed by atoms with van der Waals surface area (Å²) in [6, 6.07) is 23.6. The molecule has 6 rings (SSSR count). The standard InChI is InChI=1S/C29H27N9O/c1-39-23-14-12-19(13-15-23)28-27(25-10-5-11-26(38(25)36-28)32-20-6-2-3-7-20)24-16-17-31-29(34-24)33-21-8-4-9-22(18-21)35-37-30/h4-5,8-18,20,32H,2-3,6-7H2,1H3,(H,31,33,34). The largest absolute Gasteiger partial charge is 0.497 e. The van der Waals surface area contributed by atoms with Gasteiger partial charge in [-0.25, -0.2) is 14.5 Å². The number of aromatic nitrogens is 4. The highest BCUT2D eigenvalue weighted by Gasteiger charge is 2.21. The third-order valence-electron chi connectivity index (χ3n) is 6.90. The second kappa shape index (κ2) is 10.7. The Morgan fingerprint density at radius 1 is 1.03 bits per heavy atom. The number of azide groups is 1. The van der Waals surface area contributed by atoms with Crippen LogP contribution in [0.25, 0.3) is 38.5 Å². The van der Waals surface area contributed by atoms with Crippen LogP contribution in [-0.4, -0.2) is 32.7 Å². The van der Waals surface area contributed by atoms with Crippen LogP contribution in [0.2, 0.25) is 0 Å². The van der Waals surface area contributed by atoms with Gasteiger partial charge in [-0.1, -0.05) is 36.2 Å². The number of methoxy groups -OCH3 is 1. The fourth-order valence-electron chi connectivity index (χ4n) is 5.05. The van der Waals surface area contributed by atoms with E-state index in [0.29, 0.717) is 17.7 Å². The van der Waals surface area contributed by atoms with E-state index in [2.05, 4.69) is 43.8 Å². The van der Waals surface area contributed by atoms with Crippen molar-refractivity contribution in [1.29, 1.82) is 0 Å². The predicted molar refractivity (Wildman–Crippen MR) is 153 cm³/mol. The van der Waals surface area contributed by atoms with E-state index in [1.54, 1.807) is 25.4 Å². The highest BCUT2D eigenvalue weighted by molar-refractivity contribution is 5.92. The molecule has 0 bridgehead atoms. The average Bonchev–Trinajstić information content (AvgIpc) is 3.62. The zero-order valence-corrected chi connectivity index (χ0v) is 21.5. The Kier molecular flexibility index (Phi) is 6.67. The van der Waals surface area contributed by atoms with Crippen LogP contribution in [0.1, 0.15) is 25.7 Å². The molecule has 3 heterocycles. The summed E-state index contributed by atoms with van der Waals surface area (Å²) in [6.45, 7) is 0. The fourth-order valence-corrected chi connectivity index (χ4v) is 5.05. The van der Waals surface area contributed by atoms with Crippen molar-refractivity contribution in [1.82, 2.24) is 19.6 Å². The molecule has 5 aromatic rings. The lowest BCUT2D eigenvalue weighted by atomic mass is 10.0. The van der Waals surface area contributed by atoms with Gasteiger partial charge in [-0.15, -0.1) is 0 Å². The van der Waals surface area contributed by atoms with E-state index >= 15 is 0 Å². The van der Waals surface area contributed by atoms with Crippen molar-refractivity contribution in [3.8, 4) is 28.3 Å². The Balaban J connectivity index is 1.45. The lowest BCUT2D eigenvalue weighted by Gasteiger charge is -2.14. The highest BCUT2D eigenvalue weighted by atomic mass is 16.5. The summed E-state index contributed by atoms with van der Waals surface area (Å²) >= 11 is 0. The van der Waals surface area contributed by atoms with E-state index in [0.717, 1.165) is 58.1 Å². The number of benzene rings is 2. The van der Waals surface area contributed by atoms with Gasteiger partial charge in [0.2, 0.25) is 5.95 Å². The molecule has 0 aliphatic heterocycles. The zero-order valence-electron chi connectivity index (χ0n) is 21.5. The molecular formula is C29H27N9O. The monoisotopic (exact) mass is 517 g/mol. The molecule has 2 N–H and O–H groups in total. The van der Waals surface area contributed by atoms with Gasteiger partial charge < -0.3 is 15.4 Å². The first-order chi connectivity index (χ1) is 19.2. The fraction of sp³-hybridized carbons (Fsp3) is 0.207. The van der Waals surface area contributed by atoms with Gasteiger partial charge in [0.25, 0.3) is 0 Å². The number of fused-ring (bicyclic) bond motifs is 1. The summed E-state index contributed by atoms with van der Waals surface area (Å²) in [4.78, 5) is 12.2. The van der Waals surface area contributed by atoms with Crippen LogP contribution in [0.5, 0.6) is 5.75 Å². The number of rotatable bonds is 8. The third-order valence-corrected chi connectivity index (χ3v) is 6.90. The van der Waals surface area contributed by atoms with E-state index in [1.807, 2.05) is 47.0 Å². The Hall–Kier alpha value is -5.08. The van der Waals surface area contributed by atoms with Crippen molar-refractivity contribution in [2.45, 2.75) is 31.7 Å². The van der Waals surface area contributed by atoms with Gasteiger partial charge in [0.1, 0.15) is 17.3 Å². The van der Waals surface area contributed by atoms with Crippen LogP contribution >= 0.6 is 0 Å². The van der Waals surface area contributed by atoms with Crippen molar-refractivity contribution in [2.75, 3.05) is 17.7 Å². The van der Waals surface area contributed by atoms with E-state index in [-0.39, 0.29) is 0 Å². The molecule has 0 saturated heterocycles. The predicted octanol–water partition coefficient (Wildman–Crippen LogP) is 7.51. The molecule has 1 fully saturated rings. The molecule has 0 spiro atoms. The number of hydrogen-bond acceptors (Lipinski definition) is 7. The first-order valence-electron chi connectivity index (χ1n) is 12.9. The minimum absolute atomic E-state index is 0.422. The summed E-state index contributed by atoms with van der Waals surface area (Å²) in [7, 11) is 1.66. The maximum Gasteiger partial charge on any atom is 0.227 e. The van der Waals surface area contributed by atoms with Gasteiger partial charge in [0.15, 0.2) is 0 Å². The molecule has 1 saturated carbocycles. The first-order valence-corrected chi connectivity index (χ1v) is 12.9. The molecular weight excluding hydrogens is 490 g/mol. The average molecular weight is 518 g/mol. The summed E-state index contributed by atoms with van der Waals surface area (Å²) in [6.07, 6.45) is 6.55. The Bertz CT molecular complexity index is 1670. The van der Waals surface area contributed by atoms with Gasteiger partial charge in [-0.2, -0.15) is 5.10 Å². The van der Waals surface area contributed by atoms with E-state index in [9.17, 15) is 0 Å². The minimum Gasteiger partial charge on any atom is -0.497 e. The summed E-state index contributed by atoms with van der Waals surface area (Å²) in [5.41, 5.74) is 14.3. The second-order valence-electron chi connectivity index (χ2n) is 9.42. The Morgan fingerprint density at radius 2 is 1.85 bits per heavy atom. The number of hydrogen-bond donors (Lipinski definition) is 2. The molecule has 1 aliphatic carbocycles. The normalized spacial score (nSPS) is 13.3. The van der Waals surface area contributed by atoms with Crippen LogP contribution in [0.4, 0.5) is 23.1 Å². The number of anilines is 3. The second-order valence-corrected chi connectivity index (χ2v) is 9.42. The van der Waals surface area contributed by atoms with Crippen molar-refractivity contribution >= 4 is 28.7 Å². The molecule has 194 valence electrons. The SMILES string of the molecule is COc1ccc(-c2nn3c(NC4CCCC4)cccc3c2-c2ccnc(Nc3cccc(N=[N+]=[N-])c3)n2)cc1. The third kappa shape index (κ3) is 5.05. The molecule has 3 aromatic heterocycles. The maximum atomic E-state index is 8.77. The topological polar surface area (TPSA) is 125 Å². The van der Waals surface area contributed by atoms with Crippen LogP contribution in [-0.2, 0) is 0 Å². The lowest BCUT2D eigenvalue weighted by Crippen LogP contribution is -2.16. The van der Waals surface area contributed by atoms with Crippen molar-refractivity contribution in [2.24, 2.45) is 5.11 Å². The molecule has 0 unspecified atom stereocenters. The number of nitrogens with zero attached hydrogens (tertiary/aromatic N) is 7. The highest BCUT2D eigenvalue weighted by Crippen LogP contribution is 2.37. The molecule has 1 aliphatic rings. The lowest BCUT2D eigenvalue weighted by molar-refractivity contribution is 0.415. The molecule has 39 heavy (non-hydrogen) atoms. The van der Waals surface area contributed by atoms with Gasteiger partial charge in [-0.05, 0) is 73.0 Å². The van der Waals surface area contributed by atoms with Crippen LogP contribution in [0.3, 0.4) is 0 Å². The van der Waals surface area contributed by atoms with Gasteiger partial charge in [-0.3, -0.25) is 0 Å². The summed E-state index contributed by atoms with van der Waals surface area (Å²) < 4.78 is 7.36. The maximum absolute atomic E-state index is 8.77. The summed E-state index contributed by atoms with van der Waals surface area (Å²) in [5.74, 6) is 2.16. The molecule has 10 heteroatoms. The number of ether oxygens (including phenoxy) is 1.